The second kappa shape index (κ2) is 5.77. The molecule has 0 amide bonds. The van der Waals surface area contributed by atoms with Gasteiger partial charge in [-0.1, -0.05) is 36.4 Å². The lowest BCUT2D eigenvalue weighted by Gasteiger charge is -2.09. The van der Waals surface area contributed by atoms with E-state index >= 15 is 0 Å². The summed E-state index contributed by atoms with van der Waals surface area (Å²) in [5.74, 6) is 0.358. The van der Waals surface area contributed by atoms with Crippen molar-refractivity contribution in [3.63, 3.8) is 0 Å². The Morgan fingerprint density at radius 2 is 1.83 bits per heavy atom. The van der Waals surface area contributed by atoms with Crippen molar-refractivity contribution in [1.82, 2.24) is 14.5 Å². The third kappa shape index (κ3) is 2.40. The molecule has 5 heteroatoms. The zero-order valence-corrected chi connectivity index (χ0v) is 13.1. The average Bonchev–Trinajstić information content (AvgIpc) is 3.00. The first kappa shape index (κ1) is 14.4. The first-order chi connectivity index (χ1) is 11.8. The highest BCUT2D eigenvalue weighted by molar-refractivity contribution is 5.84. The number of nitrogens with zero attached hydrogens (tertiary/aromatic N) is 3. The third-order valence-electron chi connectivity index (χ3n) is 3.90. The van der Waals surface area contributed by atoms with Crippen molar-refractivity contribution in [3.05, 3.63) is 72.7 Å². The molecule has 0 saturated heterocycles. The van der Waals surface area contributed by atoms with Gasteiger partial charge in [-0.25, -0.2) is 9.37 Å². The number of imidazole rings is 1. The van der Waals surface area contributed by atoms with E-state index in [4.69, 9.17) is 0 Å². The number of hydrogen-bond donors (Lipinski definition) is 1. The van der Waals surface area contributed by atoms with Crippen LogP contribution in [0.3, 0.4) is 0 Å². The van der Waals surface area contributed by atoms with E-state index in [9.17, 15) is 4.39 Å². The van der Waals surface area contributed by atoms with Gasteiger partial charge in [-0.3, -0.25) is 9.55 Å². The highest BCUT2D eigenvalue weighted by Crippen LogP contribution is 2.27. The van der Waals surface area contributed by atoms with Gasteiger partial charge in [-0.2, -0.15) is 0 Å². The Morgan fingerprint density at radius 3 is 2.58 bits per heavy atom. The van der Waals surface area contributed by atoms with Crippen LogP contribution < -0.4 is 5.32 Å². The Hall–Kier alpha value is -3.21. The molecule has 0 unspecified atom stereocenters. The molecule has 118 valence electrons. The van der Waals surface area contributed by atoms with Gasteiger partial charge in [0.2, 0.25) is 5.95 Å². The van der Waals surface area contributed by atoms with Gasteiger partial charge in [-0.15, -0.1) is 0 Å². The Morgan fingerprint density at radius 1 is 1.00 bits per heavy atom. The smallest absolute Gasteiger partial charge is 0.208 e. The number of benzene rings is 2. The summed E-state index contributed by atoms with van der Waals surface area (Å²) in [5.41, 5.74) is 4.22. The number of aromatic nitrogens is 3. The van der Waals surface area contributed by atoms with Crippen LogP contribution in [0.2, 0.25) is 0 Å². The van der Waals surface area contributed by atoms with Crippen molar-refractivity contribution < 1.29 is 4.39 Å². The number of nitrogens with one attached hydrogen (secondary N) is 1. The van der Waals surface area contributed by atoms with Crippen molar-refractivity contribution in [3.8, 4) is 16.9 Å². The summed E-state index contributed by atoms with van der Waals surface area (Å²) in [7, 11) is 1.79. The highest BCUT2D eigenvalue weighted by atomic mass is 19.1. The van der Waals surface area contributed by atoms with Gasteiger partial charge in [0.25, 0.3) is 0 Å². The number of pyridine rings is 1. The molecule has 0 radical (unpaired) electrons. The van der Waals surface area contributed by atoms with Crippen molar-refractivity contribution in [1.29, 1.82) is 0 Å². The lowest BCUT2D eigenvalue weighted by molar-refractivity contribution is 0.627. The Balaban J connectivity index is 1.97. The maximum atomic E-state index is 13.7. The fraction of sp³-hybridized carbons (Fsp3) is 0.0526. The topological polar surface area (TPSA) is 42.7 Å². The second-order valence-corrected chi connectivity index (χ2v) is 5.42. The summed E-state index contributed by atoms with van der Waals surface area (Å²) in [4.78, 5) is 9.04. The van der Waals surface area contributed by atoms with E-state index in [0.29, 0.717) is 11.6 Å². The average molecular weight is 318 g/mol. The van der Waals surface area contributed by atoms with Crippen LogP contribution in [0.25, 0.3) is 28.0 Å². The fourth-order valence-electron chi connectivity index (χ4n) is 2.79. The molecule has 2 aromatic heterocycles. The molecule has 0 saturated carbocycles. The maximum Gasteiger partial charge on any atom is 0.208 e. The van der Waals surface area contributed by atoms with Crippen molar-refractivity contribution in [2.75, 3.05) is 12.4 Å². The number of rotatable bonds is 3. The van der Waals surface area contributed by atoms with Crippen LogP contribution >= 0.6 is 0 Å². The molecule has 0 fully saturated rings. The van der Waals surface area contributed by atoms with Gasteiger partial charge < -0.3 is 5.32 Å². The fourth-order valence-corrected chi connectivity index (χ4v) is 2.79. The van der Waals surface area contributed by atoms with Gasteiger partial charge in [0.05, 0.1) is 23.1 Å². The van der Waals surface area contributed by atoms with Crippen molar-refractivity contribution >= 4 is 17.0 Å². The molecule has 0 bridgehead atoms. The lowest BCUT2D eigenvalue weighted by Crippen LogP contribution is -2.01. The summed E-state index contributed by atoms with van der Waals surface area (Å²) in [5, 5.41) is 3.06. The van der Waals surface area contributed by atoms with Crippen LogP contribution in [0.1, 0.15) is 0 Å². The molecule has 24 heavy (non-hydrogen) atoms. The molecule has 1 N–H and O–H groups in total. The number of anilines is 1. The normalized spacial score (nSPS) is 10.9. The molecule has 2 heterocycles. The Bertz CT molecular complexity index is 1010. The molecule has 4 aromatic rings. The molecule has 0 aliphatic heterocycles. The Labute approximate surface area is 138 Å². The molecular formula is C19H15FN4. The quantitative estimate of drug-likeness (QED) is 0.613. The maximum absolute atomic E-state index is 13.7. The largest absolute Gasteiger partial charge is 0.358 e. The van der Waals surface area contributed by atoms with E-state index < -0.39 is 0 Å². The van der Waals surface area contributed by atoms with Crippen LogP contribution in [0.4, 0.5) is 10.3 Å². The minimum atomic E-state index is -0.284. The predicted octanol–water partition coefficient (Wildman–Crippen LogP) is 4.27. The summed E-state index contributed by atoms with van der Waals surface area (Å²) >= 11 is 0. The monoisotopic (exact) mass is 318 g/mol. The van der Waals surface area contributed by atoms with E-state index in [1.54, 1.807) is 19.3 Å². The van der Waals surface area contributed by atoms with E-state index in [2.05, 4.69) is 15.3 Å². The minimum Gasteiger partial charge on any atom is -0.358 e. The van der Waals surface area contributed by atoms with E-state index in [1.165, 1.54) is 12.1 Å². The van der Waals surface area contributed by atoms with Crippen LogP contribution in [0.5, 0.6) is 0 Å². The zero-order valence-electron chi connectivity index (χ0n) is 13.1. The van der Waals surface area contributed by atoms with Gasteiger partial charge >= 0.3 is 0 Å². The summed E-state index contributed by atoms with van der Waals surface area (Å²) in [6.45, 7) is 0. The molecular weight excluding hydrogens is 303 g/mol. The number of halogens is 1. The van der Waals surface area contributed by atoms with Crippen molar-refractivity contribution in [2.45, 2.75) is 0 Å². The lowest BCUT2D eigenvalue weighted by atomic mass is 10.1. The van der Waals surface area contributed by atoms with Crippen LogP contribution in [-0.2, 0) is 0 Å². The molecule has 4 rings (SSSR count). The van der Waals surface area contributed by atoms with Crippen LogP contribution in [0, 0.1) is 5.82 Å². The molecule has 0 aliphatic rings. The minimum absolute atomic E-state index is 0.284. The van der Waals surface area contributed by atoms with Gasteiger partial charge in [0, 0.05) is 12.6 Å². The molecule has 4 nitrogen and oxygen atoms in total. The predicted molar refractivity (Wildman–Crippen MR) is 93.8 cm³/mol. The second-order valence-electron chi connectivity index (χ2n) is 5.42. The van der Waals surface area contributed by atoms with E-state index in [0.717, 1.165) is 22.3 Å². The third-order valence-corrected chi connectivity index (χ3v) is 3.90. The molecule has 0 spiro atoms. The number of hydrogen-bond acceptors (Lipinski definition) is 3. The SMILES string of the molecule is CNc1nc2cnc(-c3ccccc3)cc2n1-c1cccc(F)c1. The van der Waals surface area contributed by atoms with Gasteiger partial charge in [0.15, 0.2) is 0 Å². The molecule has 0 aliphatic carbocycles. The van der Waals surface area contributed by atoms with Gasteiger partial charge in [0.1, 0.15) is 11.3 Å². The van der Waals surface area contributed by atoms with Crippen LogP contribution in [0.15, 0.2) is 66.9 Å². The van der Waals surface area contributed by atoms with E-state index in [-0.39, 0.29) is 5.82 Å². The van der Waals surface area contributed by atoms with E-state index in [1.807, 2.05) is 47.0 Å². The molecule has 0 atom stereocenters. The Kier molecular flexibility index (Phi) is 3.46. The number of fused-ring (bicyclic) bond motifs is 1. The first-order valence-electron chi connectivity index (χ1n) is 7.64. The van der Waals surface area contributed by atoms with Crippen LogP contribution in [-0.4, -0.2) is 21.6 Å². The summed E-state index contributed by atoms with van der Waals surface area (Å²) < 4.78 is 15.6. The van der Waals surface area contributed by atoms with Gasteiger partial charge in [-0.05, 0) is 24.3 Å². The first-order valence-corrected chi connectivity index (χ1v) is 7.64. The standard InChI is InChI=1S/C19H15FN4/c1-21-19-23-17-12-22-16(13-6-3-2-4-7-13)11-18(17)24(19)15-9-5-8-14(20)10-15/h2-12H,1H3,(H,21,23). The zero-order chi connectivity index (χ0) is 16.5. The summed E-state index contributed by atoms with van der Waals surface area (Å²) in [6, 6.07) is 18.4. The summed E-state index contributed by atoms with van der Waals surface area (Å²) in [6.07, 6.45) is 1.74. The van der Waals surface area contributed by atoms with Crippen molar-refractivity contribution in [2.24, 2.45) is 0 Å². The highest BCUT2D eigenvalue weighted by Gasteiger charge is 2.13. The molecule has 2 aromatic carbocycles.